The fourth-order valence-corrected chi connectivity index (χ4v) is 3.12. The number of anilines is 1. The molecule has 0 spiro atoms. The van der Waals surface area contributed by atoms with Crippen LogP contribution in [0.15, 0.2) is 85.2 Å². The predicted molar refractivity (Wildman–Crippen MR) is 118 cm³/mol. The average molecular weight is 468 g/mol. The van der Waals surface area contributed by atoms with E-state index in [0.717, 1.165) is 5.56 Å². The molecule has 7 nitrogen and oxygen atoms in total. The van der Waals surface area contributed by atoms with Crippen LogP contribution < -0.4 is 10.1 Å². The molecule has 3 aromatic carbocycles. The number of hydrogen-bond donors (Lipinski definition) is 1. The van der Waals surface area contributed by atoms with Crippen LogP contribution in [-0.4, -0.2) is 27.2 Å². The molecule has 10 heteroatoms. The number of benzene rings is 3. The lowest BCUT2D eigenvalue weighted by atomic mass is 10.1. The molecule has 1 heterocycles. The van der Waals surface area contributed by atoms with Gasteiger partial charge in [0.25, 0.3) is 0 Å². The van der Waals surface area contributed by atoms with Crippen LogP contribution in [0, 0.1) is 0 Å². The molecule has 0 saturated carbocycles. The van der Waals surface area contributed by atoms with E-state index < -0.39 is 18.6 Å². The van der Waals surface area contributed by atoms with Crippen molar-refractivity contribution in [2.45, 2.75) is 19.4 Å². The number of aromatic nitrogens is 3. The minimum Gasteiger partial charge on any atom is -0.441 e. The molecule has 4 rings (SSSR count). The van der Waals surface area contributed by atoms with Gasteiger partial charge in [-0.2, -0.15) is 0 Å². The molecule has 34 heavy (non-hydrogen) atoms. The highest BCUT2D eigenvalue weighted by atomic mass is 19.4. The highest BCUT2D eigenvalue weighted by molar-refractivity contribution is 5.85. The number of halogens is 3. The Hall–Kier alpha value is -4.34. The van der Waals surface area contributed by atoms with Crippen molar-refractivity contribution < 1.29 is 27.4 Å². The second-order valence-corrected chi connectivity index (χ2v) is 7.22. The first-order valence-electron chi connectivity index (χ1n) is 10.2. The maximum absolute atomic E-state index is 12.3. The Labute approximate surface area is 192 Å². The number of amides is 1. The fraction of sp³-hybridized carbons (Fsp3) is 0.125. The monoisotopic (exact) mass is 468 g/mol. The third-order valence-corrected chi connectivity index (χ3v) is 4.77. The molecule has 0 bridgehead atoms. The lowest BCUT2D eigenvalue weighted by Gasteiger charge is -2.14. The lowest BCUT2D eigenvalue weighted by molar-refractivity contribution is -0.274. The third kappa shape index (κ3) is 5.91. The van der Waals surface area contributed by atoms with Crippen LogP contribution in [0.3, 0.4) is 0 Å². The minimum absolute atomic E-state index is 0.323. The Morgan fingerprint density at radius 3 is 2.29 bits per heavy atom. The molecule has 0 radical (unpaired) electrons. The van der Waals surface area contributed by atoms with Gasteiger partial charge in [0.1, 0.15) is 18.2 Å². The summed E-state index contributed by atoms with van der Waals surface area (Å²) in [6.45, 7) is 1.79. The second-order valence-electron chi connectivity index (χ2n) is 7.22. The quantitative estimate of drug-likeness (QED) is 0.368. The van der Waals surface area contributed by atoms with E-state index in [0.29, 0.717) is 22.8 Å². The summed E-state index contributed by atoms with van der Waals surface area (Å²) in [7, 11) is 0. The number of rotatable bonds is 6. The molecule has 0 fully saturated rings. The van der Waals surface area contributed by atoms with E-state index in [2.05, 4.69) is 20.1 Å². The summed E-state index contributed by atoms with van der Waals surface area (Å²) in [6.07, 6.45) is -4.28. The summed E-state index contributed by atoms with van der Waals surface area (Å²) in [5, 5.41) is 7.02. The van der Waals surface area contributed by atoms with E-state index in [1.165, 1.54) is 35.3 Å². The number of nitrogens with zero attached hydrogens (tertiary/aromatic N) is 3. The number of carbonyl (C=O) groups is 1. The number of hydrogen-bond acceptors (Lipinski definition) is 5. The number of nitrogens with one attached hydrogen (secondary N) is 1. The topological polar surface area (TPSA) is 78.3 Å². The fourth-order valence-electron chi connectivity index (χ4n) is 3.12. The molecule has 0 aliphatic carbocycles. The van der Waals surface area contributed by atoms with Gasteiger partial charge in [-0.05, 0) is 61.0 Å². The van der Waals surface area contributed by atoms with E-state index in [-0.39, 0.29) is 5.75 Å². The molecule has 1 aromatic heterocycles. The zero-order chi connectivity index (χ0) is 24.1. The van der Waals surface area contributed by atoms with E-state index in [9.17, 15) is 18.0 Å². The first-order chi connectivity index (χ1) is 16.3. The summed E-state index contributed by atoms with van der Waals surface area (Å²) >= 11 is 0. The first kappa shape index (κ1) is 22.8. The van der Waals surface area contributed by atoms with E-state index in [1.807, 2.05) is 30.3 Å². The third-order valence-electron chi connectivity index (χ3n) is 4.77. The molecule has 4 aromatic rings. The Bertz CT molecular complexity index is 1240. The number of alkyl halides is 3. The van der Waals surface area contributed by atoms with Gasteiger partial charge in [-0.1, -0.05) is 30.3 Å². The van der Waals surface area contributed by atoms with Gasteiger partial charge in [0.05, 0.1) is 5.69 Å². The maximum atomic E-state index is 12.3. The lowest BCUT2D eigenvalue weighted by Crippen LogP contribution is -2.17. The summed E-state index contributed by atoms with van der Waals surface area (Å²) in [5.41, 5.74) is 2.63. The highest BCUT2D eigenvalue weighted by Crippen LogP contribution is 2.24. The summed E-state index contributed by atoms with van der Waals surface area (Å²) in [6, 6.07) is 21.5. The van der Waals surface area contributed by atoms with Crippen LogP contribution in [0.4, 0.5) is 23.7 Å². The van der Waals surface area contributed by atoms with Crippen LogP contribution in [0.5, 0.6) is 5.75 Å². The van der Waals surface area contributed by atoms with Crippen molar-refractivity contribution in [3.63, 3.8) is 0 Å². The minimum atomic E-state index is -4.75. The average Bonchev–Trinajstić information content (AvgIpc) is 3.30. The highest BCUT2D eigenvalue weighted by Gasteiger charge is 2.31. The number of carbonyl (C=O) groups excluding carboxylic acids is 1. The van der Waals surface area contributed by atoms with Gasteiger partial charge in [-0.25, -0.2) is 14.5 Å². The molecule has 0 aliphatic heterocycles. The van der Waals surface area contributed by atoms with Gasteiger partial charge in [0.2, 0.25) is 0 Å². The van der Waals surface area contributed by atoms with Crippen molar-refractivity contribution in [2.24, 2.45) is 0 Å². The van der Waals surface area contributed by atoms with Gasteiger partial charge >= 0.3 is 12.5 Å². The molecule has 1 amide bonds. The Balaban J connectivity index is 1.37. The first-order valence-corrected chi connectivity index (χ1v) is 10.2. The molecule has 0 saturated heterocycles. The summed E-state index contributed by atoms with van der Waals surface area (Å²) in [4.78, 5) is 16.4. The zero-order valence-corrected chi connectivity index (χ0v) is 17.9. The zero-order valence-electron chi connectivity index (χ0n) is 17.9. The van der Waals surface area contributed by atoms with Crippen LogP contribution in [0.2, 0.25) is 0 Å². The van der Waals surface area contributed by atoms with Gasteiger partial charge in [-0.15, -0.1) is 18.3 Å². The number of ether oxygens (including phenoxy) is 2. The Morgan fingerprint density at radius 2 is 1.65 bits per heavy atom. The van der Waals surface area contributed by atoms with Gasteiger partial charge in [0, 0.05) is 11.3 Å². The van der Waals surface area contributed by atoms with Crippen molar-refractivity contribution in [1.82, 2.24) is 14.8 Å². The molecule has 1 N–H and O–H groups in total. The molecular weight excluding hydrogens is 449 g/mol. The van der Waals surface area contributed by atoms with Crippen molar-refractivity contribution in [3.8, 4) is 22.8 Å². The molecule has 1 atom stereocenters. The van der Waals surface area contributed by atoms with Crippen molar-refractivity contribution in [3.05, 3.63) is 90.8 Å². The van der Waals surface area contributed by atoms with Crippen LogP contribution in [0.1, 0.15) is 18.6 Å². The summed E-state index contributed by atoms with van der Waals surface area (Å²) in [5.74, 6) is 0.0822. The van der Waals surface area contributed by atoms with Crippen molar-refractivity contribution in [1.29, 1.82) is 0 Å². The molecular formula is C24H19F3N4O3. The van der Waals surface area contributed by atoms with E-state index in [4.69, 9.17) is 4.74 Å². The maximum Gasteiger partial charge on any atom is 0.573 e. The normalized spacial score (nSPS) is 12.1. The Kier molecular flexibility index (Phi) is 6.48. The van der Waals surface area contributed by atoms with Crippen LogP contribution >= 0.6 is 0 Å². The largest absolute Gasteiger partial charge is 0.573 e. The van der Waals surface area contributed by atoms with Crippen molar-refractivity contribution >= 4 is 11.8 Å². The molecule has 0 aliphatic rings. The molecule has 0 unspecified atom stereocenters. The summed E-state index contributed by atoms with van der Waals surface area (Å²) < 4.78 is 47.6. The van der Waals surface area contributed by atoms with Crippen molar-refractivity contribution in [2.75, 3.05) is 5.32 Å². The standard InChI is InChI=1S/C24H19F3N4O3/c1-16(17-5-3-2-4-6-17)33-23(32)29-19-9-7-18(8-10-19)22-28-15-31(30-22)20-11-13-21(14-12-20)34-24(25,26)27/h2-16H,1H3,(H,29,32)/t16-/m1/s1. The predicted octanol–water partition coefficient (Wildman–Crippen LogP) is 6.14. The Morgan fingerprint density at radius 1 is 0.971 bits per heavy atom. The smallest absolute Gasteiger partial charge is 0.441 e. The second kappa shape index (κ2) is 9.65. The van der Waals surface area contributed by atoms with E-state index in [1.54, 1.807) is 31.2 Å². The molecule has 174 valence electrons. The van der Waals surface area contributed by atoms with Crippen LogP contribution in [-0.2, 0) is 4.74 Å². The van der Waals surface area contributed by atoms with Gasteiger partial charge < -0.3 is 9.47 Å². The van der Waals surface area contributed by atoms with E-state index >= 15 is 0 Å². The van der Waals surface area contributed by atoms with Crippen LogP contribution in [0.25, 0.3) is 17.1 Å². The van der Waals surface area contributed by atoms with Gasteiger partial charge in [0.15, 0.2) is 5.82 Å². The SMILES string of the molecule is C[C@@H](OC(=O)Nc1ccc(-c2ncn(-c3ccc(OC(F)(F)F)cc3)n2)cc1)c1ccccc1. The van der Waals surface area contributed by atoms with Gasteiger partial charge in [-0.3, -0.25) is 5.32 Å².